The highest BCUT2D eigenvalue weighted by Crippen LogP contribution is 2.15. The zero-order valence-electron chi connectivity index (χ0n) is 14.2. The Labute approximate surface area is 151 Å². The van der Waals surface area contributed by atoms with Gasteiger partial charge in [0.05, 0.1) is 5.75 Å². The fraction of sp³-hybridized carbons (Fsp3) is 0.235. The first-order valence-electron chi connectivity index (χ1n) is 8.09. The van der Waals surface area contributed by atoms with Crippen molar-refractivity contribution < 1.29 is 12.9 Å². The number of anilines is 3. The summed E-state index contributed by atoms with van der Waals surface area (Å²) in [6.07, 6.45) is 1.23. The van der Waals surface area contributed by atoms with Gasteiger partial charge < -0.3 is 9.84 Å². The summed E-state index contributed by atoms with van der Waals surface area (Å²) in [6, 6.07) is 14.6. The summed E-state index contributed by atoms with van der Waals surface area (Å²) in [5, 5.41) is 14.5. The van der Waals surface area contributed by atoms with Crippen molar-refractivity contribution in [2.24, 2.45) is 0 Å². The third-order valence-electron chi connectivity index (χ3n) is 3.53. The molecule has 0 saturated heterocycles. The lowest BCUT2D eigenvalue weighted by atomic mass is 10.1. The molecule has 0 atom stereocenters. The topological polar surface area (TPSA) is 110 Å². The Balaban J connectivity index is 1.52. The van der Waals surface area contributed by atoms with Crippen LogP contribution in [0.15, 0.2) is 53.1 Å². The van der Waals surface area contributed by atoms with Crippen molar-refractivity contribution in [3.8, 4) is 0 Å². The van der Waals surface area contributed by atoms with Crippen LogP contribution >= 0.6 is 0 Å². The molecule has 8 nitrogen and oxygen atoms in total. The minimum atomic E-state index is -3.47. The van der Waals surface area contributed by atoms with E-state index in [4.69, 9.17) is 4.52 Å². The van der Waals surface area contributed by atoms with Crippen LogP contribution in [0.3, 0.4) is 0 Å². The van der Waals surface area contributed by atoms with Gasteiger partial charge in [-0.3, -0.25) is 4.72 Å². The summed E-state index contributed by atoms with van der Waals surface area (Å²) in [5.74, 6) is 1.80. The first-order chi connectivity index (χ1) is 12.5. The zero-order valence-corrected chi connectivity index (χ0v) is 15.0. The second-order valence-corrected chi connectivity index (χ2v) is 7.60. The van der Waals surface area contributed by atoms with E-state index in [-0.39, 0.29) is 11.6 Å². The average Bonchev–Trinajstić information content (AvgIpc) is 3.02. The summed E-state index contributed by atoms with van der Waals surface area (Å²) in [4.78, 5) is 0. The van der Waals surface area contributed by atoms with Gasteiger partial charge in [-0.25, -0.2) is 8.42 Å². The lowest BCUT2D eigenvalue weighted by Crippen LogP contribution is -2.18. The highest BCUT2D eigenvalue weighted by molar-refractivity contribution is 7.92. The van der Waals surface area contributed by atoms with Crippen LogP contribution < -0.4 is 10.0 Å². The predicted octanol–water partition coefficient (Wildman–Crippen LogP) is 2.89. The van der Waals surface area contributed by atoms with Crippen LogP contribution in [0.4, 0.5) is 17.5 Å². The molecule has 136 valence electrons. The number of benzene rings is 1. The second kappa shape index (κ2) is 7.96. The molecule has 0 bridgehead atoms. The lowest BCUT2D eigenvalue weighted by molar-refractivity contribution is 0.400. The van der Waals surface area contributed by atoms with Crippen molar-refractivity contribution in [1.29, 1.82) is 0 Å². The molecule has 0 saturated carbocycles. The van der Waals surface area contributed by atoms with Crippen LogP contribution in [0.5, 0.6) is 0 Å². The summed E-state index contributed by atoms with van der Waals surface area (Å²) >= 11 is 0. The normalized spacial score (nSPS) is 11.3. The number of hydrogen-bond donors (Lipinski definition) is 2. The van der Waals surface area contributed by atoms with Gasteiger partial charge in [0.1, 0.15) is 5.76 Å². The Bertz CT molecular complexity index is 940. The largest absolute Gasteiger partial charge is 0.360 e. The molecular formula is C17H19N5O3S. The Kier molecular flexibility index (Phi) is 5.47. The molecule has 0 fully saturated rings. The smallest absolute Gasteiger partial charge is 0.233 e. The van der Waals surface area contributed by atoms with E-state index >= 15 is 0 Å². The molecular weight excluding hydrogens is 354 g/mol. The molecule has 26 heavy (non-hydrogen) atoms. The first-order valence-corrected chi connectivity index (χ1v) is 9.74. The van der Waals surface area contributed by atoms with E-state index in [9.17, 15) is 8.42 Å². The maximum atomic E-state index is 12.2. The molecule has 0 amide bonds. The van der Waals surface area contributed by atoms with Crippen LogP contribution in [-0.4, -0.2) is 29.5 Å². The number of sulfonamides is 1. The molecule has 2 aromatic heterocycles. The van der Waals surface area contributed by atoms with Crippen LogP contribution in [0.1, 0.15) is 17.7 Å². The third-order valence-corrected chi connectivity index (χ3v) is 4.88. The van der Waals surface area contributed by atoms with E-state index in [2.05, 4.69) is 25.4 Å². The monoisotopic (exact) mass is 373 g/mol. The van der Waals surface area contributed by atoms with Gasteiger partial charge in [0.25, 0.3) is 0 Å². The number of nitrogens with zero attached hydrogens (tertiary/aromatic N) is 3. The average molecular weight is 373 g/mol. The Morgan fingerprint density at radius 3 is 2.38 bits per heavy atom. The van der Waals surface area contributed by atoms with E-state index < -0.39 is 10.0 Å². The van der Waals surface area contributed by atoms with Crippen molar-refractivity contribution >= 4 is 27.5 Å². The minimum absolute atomic E-state index is 0.0157. The molecule has 0 aliphatic rings. The number of rotatable bonds is 8. The maximum Gasteiger partial charge on any atom is 0.233 e. The van der Waals surface area contributed by atoms with Gasteiger partial charge in [-0.05, 0) is 37.5 Å². The molecule has 0 aliphatic carbocycles. The van der Waals surface area contributed by atoms with Crippen molar-refractivity contribution in [2.75, 3.05) is 15.8 Å². The van der Waals surface area contributed by atoms with Crippen molar-refractivity contribution in [3.05, 3.63) is 59.9 Å². The maximum absolute atomic E-state index is 12.2. The van der Waals surface area contributed by atoms with Gasteiger partial charge in [0.2, 0.25) is 10.0 Å². The van der Waals surface area contributed by atoms with Crippen molar-refractivity contribution in [2.45, 2.75) is 19.8 Å². The molecule has 1 aromatic carbocycles. The highest BCUT2D eigenvalue weighted by atomic mass is 32.2. The molecule has 0 unspecified atom stereocenters. The van der Waals surface area contributed by atoms with Gasteiger partial charge >= 0.3 is 0 Å². The van der Waals surface area contributed by atoms with Crippen molar-refractivity contribution in [3.63, 3.8) is 0 Å². The number of aromatic nitrogens is 3. The number of hydrogen-bond acceptors (Lipinski definition) is 7. The summed E-state index contributed by atoms with van der Waals surface area (Å²) < 4.78 is 31.7. The SMILES string of the molecule is Cc1cc(Nc2ccc(NS(=O)(=O)CCCc3ccccc3)nn2)no1. The van der Waals surface area contributed by atoms with E-state index in [1.165, 1.54) is 6.07 Å². The van der Waals surface area contributed by atoms with E-state index in [1.807, 2.05) is 30.3 Å². The van der Waals surface area contributed by atoms with E-state index in [1.54, 1.807) is 19.1 Å². The minimum Gasteiger partial charge on any atom is -0.360 e. The van der Waals surface area contributed by atoms with Crippen molar-refractivity contribution in [1.82, 2.24) is 15.4 Å². The Hall–Kier alpha value is -2.94. The summed E-state index contributed by atoms with van der Waals surface area (Å²) in [7, 11) is -3.47. The fourth-order valence-electron chi connectivity index (χ4n) is 2.33. The standard InChI is InChI=1S/C17H19N5O3S/c1-13-12-17(21-25-13)18-15-9-10-16(20-19-15)22-26(23,24)11-5-8-14-6-3-2-4-7-14/h2-4,6-7,9-10,12H,5,8,11H2,1H3,(H,20,22)(H,18,19,21). The molecule has 0 radical (unpaired) electrons. The molecule has 0 aliphatic heterocycles. The van der Waals surface area contributed by atoms with Gasteiger partial charge in [-0.1, -0.05) is 35.5 Å². The summed E-state index contributed by atoms with van der Waals surface area (Å²) in [5.41, 5.74) is 1.11. The van der Waals surface area contributed by atoms with Crippen LogP contribution in [-0.2, 0) is 16.4 Å². The molecule has 3 aromatic rings. The van der Waals surface area contributed by atoms with E-state index in [0.29, 0.717) is 30.2 Å². The second-order valence-electron chi connectivity index (χ2n) is 5.76. The molecule has 2 N–H and O–H groups in total. The van der Waals surface area contributed by atoms with Gasteiger partial charge in [0, 0.05) is 6.07 Å². The molecule has 3 rings (SSSR count). The molecule has 2 heterocycles. The Morgan fingerprint density at radius 2 is 1.73 bits per heavy atom. The molecule has 0 spiro atoms. The van der Waals surface area contributed by atoms with Gasteiger partial charge in [-0.15, -0.1) is 10.2 Å². The lowest BCUT2D eigenvalue weighted by Gasteiger charge is -2.07. The predicted molar refractivity (Wildman–Crippen MR) is 98.7 cm³/mol. The fourth-order valence-corrected chi connectivity index (χ4v) is 3.39. The third kappa shape index (κ3) is 5.28. The van der Waals surface area contributed by atoms with Crippen LogP contribution in [0, 0.1) is 6.92 Å². The van der Waals surface area contributed by atoms with Gasteiger partial charge in [0.15, 0.2) is 17.5 Å². The Morgan fingerprint density at radius 1 is 1.00 bits per heavy atom. The van der Waals surface area contributed by atoms with Crippen LogP contribution in [0.2, 0.25) is 0 Å². The van der Waals surface area contributed by atoms with Crippen LogP contribution in [0.25, 0.3) is 0 Å². The summed E-state index contributed by atoms with van der Waals surface area (Å²) in [6.45, 7) is 1.78. The molecule has 9 heteroatoms. The zero-order chi connectivity index (χ0) is 18.4. The quantitative estimate of drug-likeness (QED) is 0.624. The van der Waals surface area contributed by atoms with Gasteiger partial charge in [-0.2, -0.15) is 0 Å². The highest BCUT2D eigenvalue weighted by Gasteiger charge is 2.12. The number of nitrogens with one attached hydrogen (secondary N) is 2. The number of aryl methyl sites for hydroxylation is 2. The first kappa shape index (κ1) is 17.9. The van der Waals surface area contributed by atoms with E-state index in [0.717, 1.165) is 5.56 Å².